The molecule has 1 fully saturated rings. The lowest BCUT2D eigenvalue weighted by molar-refractivity contribution is 0.0696. The van der Waals surface area contributed by atoms with E-state index in [9.17, 15) is 9.59 Å². The van der Waals surface area contributed by atoms with Crippen molar-refractivity contribution in [2.45, 2.75) is 26.2 Å². The van der Waals surface area contributed by atoms with E-state index in [-0.39, 0.29) is 17.2 Å². The molecule has 0 radical (unpaired) electrons. The van der Waals surface area contributed by atoms with Crippen molar-refractivity contribution in [3.05, 3.63) is 29.6 Å². The molecule has 0 unspecified atom stereocenters. The average Bonchev–Trinajstić information content (AvgIpc) is 3.07. The maximum Gasteiger partial charge on any atom is 0.335 e. The fourth-order valence-electron chi connectivity index (χ4n) is 1.72. The monoisotopic (exact) mass is 248 g/mol. The number of amides is 1. The average molecular weight is 248 g/mol. The third kappa shape index (κ3) is 3.06. The molecule has 5 nitrogen and oxygen atoms in total. The van der Waals surface area contributed by atoms with E-state index >= 15 is 0 Å². The molecular weight excluding hydrogens is 232 g/mol. The van der Waals surface area contributed by atoms with E-state index in [1.165, 1.54) is 31.2 Å². The van der Waals surface area contributed by atoms with Crippen molar-refractivity contribution in [1.82, 2.24) is 10.3 Å². The van der Waals surface area contributed by atoms with E-state index in [2.05, 4.69) is 17.2 Å². The van der Waals surface area contributed by atoms with Crippen molar-refractivity contribution in [3.63, 3.8) is 0 Å². The van der Waals surface area contributed by atoms with Crippen LogP contribution in [0.3, 0.4) is 0 Å². The molecule has 1 amide bonds. The van der Waals surface area contributed by atoms with Crippen LogP contribution in [0.25, 0.3) is 0 Å². The second-order valence-electron chi connectivity index (χ2n) is 5.05. The number of carboxylic acids is 1. The maximum absolute atomic E-state index is 11.8. The Labute approximate surface area is 105 Å². The van der Waals surface area contributed by atoms with Gasteiger partial charge in [0, 0.05) is 12.7 Å². The van der Waals surface area contributed by atoms with Crippen molar-refractivity contribution < 1.29 is 14.7 Å². The lowest BCUT2D eigenvalue weighted by Gasteiger charge is -2.09. The van der Waals surface area contributed by atoms with Gasteiger partial charge in [0.05, 0.1) is 5.56 Å². The van der Waals surface area contributed by atoms with Gasteiger partial charge in [-0.15, -0.1) is 0 Å². The van der Waals surface area contributed by atoms with E-state index in [1.807, 2.05) is 0 Å². The molecule has 1 aliphatic carbocycles. The van der Waals surface area contributed by atoms with E-state index in [0.29, 0.717) is 12.0 Å². The quantitative estimate of drug-likeness (QED) is 0.831. The number of carbonyl (C=O) groups is 2. The molecule has 0 aromatic carbocycles. The summed E-state index contributed by atoms with van der Waals surface area (Å²) in [5.41, 5.74) is 0.615. The molecule has 2 rings (SSSR count). The van der Waals surface area contributed by atoms with Crippen molar-refractivity contribution in [1.29, 1.82) is 0 Å². The summed E-state index contributed by atoms with van der Waals surface area (Å²) in [4.78, 5) is 26.4. The van der Waals surface area contributed by atoms with Crippen LogP contribution in [-0.2, 0) is 0 Å². The largest absolute Gasteiger partial charge is 0.478 e. The predicted molar refractivity (Wildman–Crippen MR) is 65.5 cm³/mol. The second-order valence-corrected chi connectivity index (χ2v) is 5.05. The van der Waals surface area contributed by atoms with Crippen LogP contribution in [-0.4, -0.2) is 28.5 Å². The Morgan fingerprint density at radius 2 is 2.22 bits per heavy atom. The zero-order valence-electron chi connectivity index (χ0n) is 10.3. The smallest absolute Gasteiger partial charge is 0.335 e. The molecule has 1 aromatic rings. The normalized spacial score (nSPS) is 16.1. The van der Waals surface area contributed by atoms with Crippen LogP contribution in [0.2, 0.25) is 0 Å². The molecule has 0 spiro atoms. The first-order valence-electron chi connectivity index (χ1n) is 5.98. The summed E-state index contributed by atoms with van der Waals surface area (Å²) in [6, 6.07) is 2.65. The summed E-state index contributed by atoms with van der Waals surface area (Å²) in [6.45, 7) is 2.80. The Morgan fingerprint density at radius 3 is 2.83 bits per heavy atom. The Bertz CT molecular complexity index is 481. The third-order valence-corrected chi connectivity index (χ3v) is 3.36. The van der Waals surface area contributed by atoms with E-state index in [4.69, 9.17) is 5.11 Å². The van der Waals surface area contributed by atoms with Crippen molar-refractivity contribution in [3.8, 4) is 0 Å². The number of nitrogens with zero attached hydrogens (tertiary/aromatic N) is 1. The Morgan fingerprint density at radius 1 is 1.50 bits per heavy atom. The van der Waals surface area contributed by atoms with Gasteiger partial charge >= 0.3 is 5.97 Å². The number of aromatic nitrogens is 1. The van der Waals surface area contributed by atoms with Crippen LogP contribution in [0, 0.1) is 5.41 Å². The number of aromatic carboxylic acids is 1. The highest BCUT2D eigenvalue weighted by Gasteiger charge is 2.36. The van der Waals surface area contributed by atoms with Crippen LogP contribution in [0.15, 0.2) is 18.3 Å². The molecule has 0 saturated heterocycles. The first kappa shape index (κ1) is 12.5. The lowest BCUT2D eigenvalue weighted by Crippen LogP contribution is -2.26. The van der Waals surface area contributed by atoms with Gasteiger partial charge in [0.25, 0.3) is 5.91 Å². The number of nitrogens with one attached hydrogen (secondary N) is 1. The standard InChI is InChI=1S/C13H16N2O3/c1-13(3-4-13)5-7-15-11(16)10-8-9(12(17)18)2-6-14-10/h2,6,8H,3-5,7H2,1H3,(H,15,16)(H,17,18). The highest BCUT2D eigenvalue weighted by atomic mass is 16.4. The third-order valence-electron chi connectivity index (χ3n) is 3.36. The minimum atomic E-state index is -1.06. The summed E-state index contributed by atoms with van der Waals surface area (Å²) in [7, 11) is 0. The van der Waals surface area contributed by atoms with E-state index in [1.54, 1.807) is 0 Å². The Hall–Kier alpha value is -1.91. The SMILES string of the molecule is CC1(CCNC(=O)c2cc(C(=O)O)ccn2)CC1. The van der Waals surface area contributed by atoms with Crippen molar-refractivity contribution in [2.75, 3.05) is 6.54 Å². The Kier molecular flexibility index (Phi) is 3.32. The molecule has 0 atom stereocenters. The van der Waals surface area contributed by atoms with Crippen LogP contribution in [0.1, 0.15) is 47.0 Å². The van der Waals surface area contributed by atoms with Crippen LogP contribution < -0.4 is 5.32 Å². The molecule has 0 aliphatic heterocycles. The van der Waals surface area contributed by atoms with Gasteiger partial charge < -0.3 is 10.4 Å². The molecule has 1 aliphatic rings. The van der Waals surface area contributed by atoms with Gasteiger partial charge in [-0.05, 0) is 36.8 Å². The first-order chi connectivity index (χ1) is 8.50. The summed E-state index contributed by atoms with van der Waals surface area (Å²) in [5, 5.41) is 11.6. The Balaban J connectivity index is 1.91. The minimum absolute atomic E-state index is 0.0734. The zero-order chi connectivity index (χ0) is 13.2. The molecule has 5 heteroatoms. The molecule has 18 heavy (non-hydrogen) atoms. The summed E-state index contributed by atoms with van der Waals surface area (Å²) in [6.07, 6.45) is 4.73. The topological polar surface area (TPSA) is 79.3 Å². The number of hydrogen-bond donors (Lipinski definition) is 2. The minimum Gasteiger partial charge on any atom is -0.478 e. The first-order valence-corrected chi connectivity index (χ1v) is 5.98. The molecule has 1 heterocycles. The maximum atomic E-state index is 11.8. The zero-order valence-corrected chi connectivity index (χ0v) is 10.3. The second kappa shape index (κ2) is 4.76. The molecule has 1 aromatic heterocycles. The van der Waals surface area contributed by atoms with E-state index in [0.717, 1.165) is 6.42 Å². The van der Waals surface area contributed by atoms with Crippen LogP contribution in [0.4, 0.5) is 0 Å². The highest BCUT2D eigenvalue weighted by Crippen LogP contribution is 2.47. The van der Waals surface area contributed by atoms with Gasteiger partial charge in [-0.2, -0.15) is 0 Å². The summed E-state index contributed by atoms with van der Waals surface area (Å²) >= 11 is 0. The molecular formula is C13H16N2O3. The molecule has 1 saturated carbocycles. The lowest BCUT2D eigenvalue weighted by atomic mass is 10.1. The molecule has 2 N–H and O–H groups in total. The number of pyridine rings is 1. The number of carboxylic acid groups (broad SMARTS) is 1. The van der Waals surface area contributed by atoms with Gasteiger partial charge in [-0.3, -0.25) is 9.78 Å². The van der Waals surface area contributed by atoms with Crippen LogP contribution in [0.5, 0.6) is 0 Å². The van der Waals surface area contributed by atoms with Crippen LogP contribution >= 0.6 is 0 Å². The highest BCUT2D eigenvalue weighted by molar-refractivity contribution is 5.95. The fraction of sp³-hybridized carbons (Fsp3) is 0.462. The predicted octanol–water partition coefficient (Wildman–Crippen LogP) is 1.70. The van der Waals surface area contributed by atoms with Crippen molar-refractivity contribution >= 4 is 11.9 Å². The molecule has 96 valence electrons. The summed E-state index contributed by atoms with van der Waals surface area (Å²) in [5.74, 6) is -1.38. The van der Waals surface area contributed by atoms with Crippen molar-refractivity contribution in [2.24, 2.45) is 5.41 Å². The fourth-order valence-corrected chi connectivity index (χ4v) is 1.72. The number of carbonyl (C=O) groups excluding carboxylic acids is 1. The number of rotatable bonds is 5. The van der Waals surface area contributed by atoms with Gasteiger partial charge in [-0.25, -0.2) is 4.79 Å². The van der Waals surface area contributed by atoms with E-state index < -0.39 is 5.97 Å². The van der Waals surface area contributed by atoms with Gasteiger partial charge in [-0.1, -0.05) is 6.92 Å². The van der Waals surface area contributed by atoms with Gasteiger partial charge in [0.1, 0.15) is 5.69 Å². The van der Waals surface area contributed by atoms with Gasteiger partial charge in [0.15, 0.2) is 0 Å². The van der Waals surface area contributed by atoms with Gasteiger partial charge in [0.2, 0.25) is 0 Å². The number of hydrogen-bond acceptors (Lipinski definition) is 3. The molecule has 0 bridgehead atoms. The summed E-state index contributed by atoms with van der Waals surface area (Å²) < 4.78 is 0.